The number of anilines is 1. The molecule has 2 amide bonds. The predicted octanol–water partition coefficient (Wildman–Crippen LogP) is 1.85. The van der Waals surface area contributed by atoms with Crippen molar-refractivity contribution in [1.82, 2.24) is 4.90 Å². The summed E-state index contributed by atoms with van der Waals surface area (Å²) >= 11 is 0. The van der Waals surface area contributed by atoms with E-state index in [9.17, 15) is 9.59 Å². The van der Waals surface area contributed by atoms with E-state index < -0.39 is 18.5 Å². The third-order valence-electron chi connectivity index (χ3n) is 2.76. The van der Waals surface area contributed by atoms with Crippen LogP contribution in [0.25, 0.3) is 0 Å². The summed E-state index contributed by atoms with van der Waals surface area (Å²) in [6.45, 7) is 1.75. The Balaban J connectivity index is 2.94. The molecule has 0 saturated heterocycles. The van der Waals surface area contributed by atoms with E-state index in [-0.39, 0.29) is 13.0 Å². The number of carbonyl (C=O) groups is 2. The van der Waals surface area contributed by atoms with Gasteiger partial charge >= 0.3 is 12.0 Å². The van der Waals surface area contributed by atoms with Crippen LogP contribution in [0, 0.1) is 18.3 Å². The summed E-state index contributed by atoms with van der Waals surface area (Å²) in [5, 5.41) is 17.5. The van der Waals surface area contributed by atoms with Gasteiger partial charge in [-0.3, -0.25) is 9.69 Å². The molecule has 0 atom stereocenters. The minimum Gasteiger partial charge on any atom is -0.480 e. The largest absolute Gasteiger partial charge is 0.480 e. The lowest BCUT2D eigenvalue weighted by atomic mass is 10.2. The van der Waals surface area contributed by atoms with Gasteiger partial charge in [0.25, 0.3) is 0 Å². The van der Waals surface area contributed by atoms with Gasteiger partial charge in [-0.15, -0.1) is 0 Å². The van der Waals surface area contributed by atoms with Crippen LogP contribution in [0.5, 0.6) is 0 Å². The SMILES string of the molecule is Cc1ccc(N(CC(=O)O)C(=O)N(C)CCC#N)cc1. The minimum atomic E-state index is -1.09. The van der Waals surface area contributed by atoms with Crippen molar-refractivity contribution in [2.75, 3.05) is 25.0 Å². The second kappa shape index (κ2) is 7.14. The van der Waals surface area contributed by atoms with Crippen molar-refractivity contribution >= 4 is 17.7 Å². The number of hydrogen-bond donors (Lipinski definition) is 1. The summed E-state index contributed by atoms with van der Waals surface area (Å²) < 4.78 is 0. The Morgan fingerprint density at radius 2 is 1.90 bits per heavy atom. The lowest BCUT2D eigenvalue weighted by molar-refractivity contribution is -0.135. The Kier molecular flexibility index (Phi) is 5.54. The molecule has 20 heavy (non-hydrogen) atoms. The number of aryl methyl sites for hydroxylation is 1. The van der Waals surface area contributed by atoms with E-state index in [1.807, 2.05) is 25.1 Å². The number of hydrogen-bond acceptors (Lipinski definition) is 3. The van der Waals surface area contributed by atoms with E-state index >= 15 is 0 Å². The van der Waals surface area contributed by atoms with Crippen molar-refractivity contribution in [2.24, 2.45) is 0 Å². The van der Waals surface area contributed by atoms with Gasteiger partial charge in [0.2, 0.25) is 0 Å². The highest BCUT2D eigenvalue weighted by Gasteiger charge is 2.21. The van der Waals surface area contributed by atoms with Crippen molar-refractivity contribution in [3.8, 4) is 6.07 Å². The van der Waals surface area contributed by atoms with Crippen molar-refractivity contribution in [2.45, 2.75) is 13.3 Å². The molecule has 0 bridgehead atoms. The van der Waals surface area contributed by atoms with Gasteiger partial charge in [-0.25, -0.2) is 4.79 Å². The van der Waals surface area contributed by atoms with Crippen LogP contribution >= 0.6 is 0 Å². The molecule has 106 valence electrons. The number of carboxylic acids is 1. The average molecular weight is 275 g/mol. The molecule has 0 heterocycles. The Labute approximate surface area is 117 Å². The smallest absolute Gasteiger partial charge is 0.324 e. The number of amides is 2. The van der Waals surface area contributed by atoms with Crippen LogP contribution in [-0.2, 0) is 4.79 Å². The molecular formula is C14H17N3O3. The summed E-state index contributed by atoms with van der Waals surface area (Å²) in [4.78, 5) is 25.7. The zero-order valence-corrected chi connectivity index (χ0v) is 11.5. The fourth-order valence-corrected chi connectivity index (χ4v) is 1.65. The Morgan fingerprint density at radius 1 is 1.30 bits per heavy atom. The highest BCUT2D eigenvalue weighted by molar-refractivity contribution is 5.96. The summed E-state index contributed by atoms with van der Waals surface area (Å²) in [5.41, 5.74) is 1.54. The van der Waals surface area contributed by atoms with Gasteiger partial charge < -0.3 is 10.0 Å². The first-order valence-electron chi connectivity index (χ1n) is 6.13. The van der Waals surface area contributed by atoms with Crippen LogP contribution in [0.4, 0.5) is 10.5 Å². The molecule has 0 aromatic heterocycles. The van der Waals surface area contributed by atoms with E-state index in [2.05, 4.69) is 0 Å². The third kappa shape index (κ3) is 4.28. The molecule has 0 aliphatic heterocycles. The highest BCUT2D eigenvalue weighted by Crippen LogP contribution is 2.16. The quantitative estimate of drug-likeness (QED) is 0.888. The normalized spacial score (nSPS) is 9.65. The molecule has 0 aliphatic rings. The summed E-state index contributed by atoms with van der Waals surface area (Å²) in [7, 11) is 1.54. The van der Waals surface area contributed by atoms with E-state index in [0.717, 1.165) is 5.56 Å². The van der Waals surface area contributed by atoms with Gasteiger partial charge in [0.05, 0.1) is 12.5 Å². The van der Waals surface area contributed by atoms with Crippen LogP contribution < -0.4 is 4.90 Å². The lowest BCUT2D eigenvalue weighted by Gasteiger charge is -2.26. The molecule has 0 radical (unpaired) electrons. The molecule has 0 saturated carbocycles. The van der Waals surface area contributed by atoms with Crippen molar-refractivity contribution in [3.05, 3.63) is 29.8 Å². The number of aliphatic carboxylic acids is 1. The van der Waals surface area contributed by atoms with Crippen LogP contribution in [0.2, 0.25) is 0 Å². The molecule has 1 aromatic rings. The molecule has 6 nitrogen and oxygen atoms in total. The second-order valence-electron chi connectivity index (χ2n) is 4.43. The van der Waals surface area contributed by atoms with Gasteiger partial charge in [-0.05, 0) is 19.1 Å². The Morgan fingerprint density at radius 3 is 2.40 bits per heavy atom. The first-order valence-corrected chi connectivity index (χ1v) is 6.13. The zero-order valence-electron chi connectivity index (χ0n) is 11.5. The molecule has 0 spiro atoms. The summed E-state index contributed by atoms with van der Waals surface area (Å²) in [6, 6.07) is 8.54. The van der Waals surface area contributed by atoms with E-state index in [4.69, 9.17) is 10.4 Å². The molecule has 6 heteroatoms. The summed E-state index contributed by atoms with van der Waals surface area (Å²) in [6.07, 6.45) is 0.205. The van der Waals surface area contributed by atoms with Crippen LogP contribution in [-0.4, -0.2) is 42.1 Å². The topological polar surface area (TPSA) is 84.6 Å². The monoisotopic (exact) mass is 275 g/mol. The van der Waals surface area contributed by atoms with Gasteiger partial charge in [-0.1, -0.05) is 17.7 Å². The number of urea groups is 1. The van der Waals surface area contributed by atoms with Crippen molar-refractivity contribution in [3.63, 3.8) is 0 Å². The number of benzene rings is 1. The number of nitrogens with zero attached hydrogens (tertiary/aromatic N) is 3. The van der Waals surface area contributed by atoms with Crippen LogP contribution in [0.3, 0.4) is 0 Å². The molecular weight excluding hydrogens is 258 g/mol. The number of carboxylic acid groups (broad SMARTS) is 1. The zero-order chi connectivity index (χ0) is 15.1. The van der Waals surface area contributed by atoms with Crippen LogP contribution in [0.1, 0.15) is 12.0 Å². The predicted molar refractivity (Wildman–Crippen MR) is 74.4 cm³/mol. The Hall–Kier alpha value is -2.55. The lowest BCUT2D eigenvalue weighted by Crippen LogP contribution is -2.44. The van der Waals surface area contributed by atoms with Gasteiger partial charge in [0, 0.05) is 19.3 Å². The van der Waals surface area contributed by atoms with Gasteiger partial charge in [-0.2, -0.15) is 5.26 Å². The maximum atomic E-state index is 12.2. The van der Waals surface area contributed by atoms with E-state index in [0.29, 0.717) is 5.69 Å². The summed E-state index contributed by atoms with van der Waals surface area (Å²) in [5.74, 6) is -1.09. The first kappa shape index (κ1) is 15.5. The van der Waals surface area contributed by atoms with Gasteiger partial charge in [0.15, 0.2) is 0 Å². The molecule has 1 N–H and O–H groups in total. The highest BCUT2D eigenvalue weighted by atomic mass is 16.4. The van der Waals surface area contributed by atoms with Gasteiger partial charge in [0.1, 0.15) is 6.54 Å². The molecule has 1 aromatic carbocycles. The number of carbonyl (C=O) groups excluding carboxylic acids is 1. The minimum absolute atomic E-state index is 0.205. The second-order valence-corrected chi connectivity index (χ2v) is 4.43. The third-order valence-corrected chi connectivity index (χ3v) is 2.76. The fraction of sp³-hybridized carbons (Fsp3) is 0.357. The standard InChI is InChI=1S/C14H17N3O3/c1-11-4-6-12(7-5-11)17(10-13(18)19)14(20)16(2)9-3-8-15/h4-7H,3,9-10H2,1-2H3,(H,18,19). The molecule has 0 fully saturated rings. The average Bonchev–Trinajstić information content (AvgIpc) is 2.42. The van der Waals surface area contributed by atoms with E-state index in [1.165, 1.54) is 9.80 Å². The first-order chi connectivity index (χ1) is 9.45. The van der Waals surface area contributed by atoms with Crippen molar-refractivity contribution < 1.29 is 14.7 Å². The van der Waals surface area contributed by atoms with Crippen molar-refractivity contribution in [1.29, 1.82) is 5.26 Å². The maximum Gasteiger partial charge on any atom is 0.324 e. The number of rotatable bonds is 5. The van der Waals surface area contributed by atoms with Crippen LogP contribution in [0.15, 0.2) is 24.3 Å². The molecule has 1 rings (SSSR count). The maximum absolute atomic E-state index is 12.2. The number of nitriles is 1. The molecule has 0 unspecified atom stereocenters. The Bertz CT molecular complexity index is 519. The van der Waals surface area contributed by atoms with E-state index in [1.54, 1.807) is 19.2 Å². The fourth-order valence-electron chi connectivity index (χ4n) is 1.65. The molecule has 0 aliphatic carbocycles.